The van der Waals surface area contributed by atoms with E-state index in [1.165, 1.54) is 0 Å². The van der Waals surface area contributed by atoms with Gasteiger partial charge in [-0.3, -0.25) is 9.59 Å². The summed E-state index contributed by atoms with van der Waals surface area (Å²) < 4.78 is 6.40. The number of aromatic amines is 1. The molecule has 0 fully saturated rings. The molecule has 1 aromatic heterocycles. The molecular weight excluding hydrogens is 414 g/mol. The van der Waals surface area contributed by atoms with Crippen molar-refractivity contribution in [2.45, 2.75) is 6.92 Å². The molecule has 2 aromatic carbocycles. The molecule has 0 saturated heterocycles. The monoisotopic (exact) mass is 429 g/mol. The van der Waals surface area contributed by atoms with E-state index in [4.69, 9.17) is 10.5 Å². The average molecular weight is 430 g/mol. The molecule has 0 atom stereocenters. The fourth-order valence-electron chi connectivity index (χ4n) is 2.45. The molecule has 1 heterocycles. The number of nitrogens with one attached hydrogen (secondary N) is 2. The summed E-state index contributed by atoms with van der Waals surface area (Å²) in [6, 6.07) is 12.6. The molecule has 0 saturated carbocycles. The van der Waals surface area contributed by atoms with Crippen LogP contribution in [0.3, 0.4) is 0 Å². The number of carbonyl (C=O) groups is 2. The number of nitrogens with two attached hydrogens (primary N) is 1. The van der Waals surface area contributed by atoms with Crippen molar-refractivity contribution in [3.8, 4) is 17.0 Å². The molecule has 0 bridgehead atoms. The number of aryl methyl sites for hydroxylation is 1. The van der Waals surface area contributed by atoms with Crippen molar-refractivity contribution in [3.05, 3.63) is 58.2 Å². The molecule has 0 aliphatic carbocycles. The predicted octanol–water partition coefficient (Wildman–Crippen LogP) is 2.66. The maximum atomic E-state index is 12.2. The average Bonchev–Trinajstić information content (AvgIpc) is 3.12. The van der Waals surface area contributed by atoms with Crippen LogP contribution in [0.4, 0.5) is 5.69 Å². The Hall–Kier alpha value is -3.20. The Balaban J connectivity index is 1.79. The summed E-state index contributed by atoms with van der Waals surface area (Å²) in [6.45, 7) is 1.69. The third-order valence-electron chi connectivity index (χ3n) is 3.76. The number of benzene rings is 2. The Labute approximate surface area is 163 Å². The molecule has 8 nitrogen and oxygen atoms in total. The van der Waals surface area contributed by atoms with Crippen LogP contribution >= 0.6 is 15.9 Å². The van der Waals surface area contributed by atoms with Crippen molar-refractivity contribution in [3.63, 3.8) is 0 Å². The quantitative estimate of drug-likeness (QED) is 0.555. The van der Waals surface area contributed by atoms with Gasteiger partial charge < -0.3 is 15.8 Å². The number of primary amides is 1. The maximum absolute atomic E-state index is 12.2. The predicted molar refractivity (Wildman–Crippen MR) is 103 cm³/mol. The van der Waals surface area contributed by atoms with E-state index in [-0.39, 0.29) is 23.9 Å². The first-order valence-electron chi connectivity index (χ1n) is 7.94. The third-order valence-corrected chi connectivity index (χ3v) is 4.25. The topological polar surface area (TPSA) is 123 Å². The van der Waals surface area contributed by atoms with Gasteiger partial charge in [0.1, 0.15) is 11.4 Å². The molecular formula is C18H16BrN5O3. The van der Waals surface area contributed by atoms with Gasteiger partial charge in [0.05, 0.1) is 0 Å². The maximum Gasteiger partial charge on any atom is 0.271 e. The van der Waals surface area contributed by atoms with E-state index in [2.05, 4.69) is 36.7 Å². The van der Waals surface area contributed by atoms with Crippen molar-refractivity contribution in [2.75, 3.05) is 11.9 Å². The van der Waals surface area contributed by atoms with E-state index in [9.17, 15) is 9.59 Å². The summed E-state index contributed by atoms with van der Waals surface area (Å²) >= 11 is 3.37. The van der Waals surface area contributed by atoms with Gasteiger partial charge in [-0.2, -0.15) is 15.4 Å². The van der Waals surface area contributed by atoms with Gasteiger partial charge in [0.2, 0.25) is 0 Å². The van der Waals surface area contributed by atoms with Crippen molar-refractivity contribution in [1.82, 2.24) is 15.4 Å². The molecule has 138 valence electrons. The van der Waals surface area contributed by atoms with E-state index in [1.54, 1.807) is 18.2 Å². The lowest BCUT2D eigenvalue weighted by atomic mass is 10.1. The van der Waals surface area contributed by atoms with Gasteiger partial charge in [0.25, 0.3) is 11.8 Å². The first kappa shape index (κ1) is 18.6. The Bertz CT molecular complexity index is 1000. The molecule has 27 heavy (non-hydrogen) atoms. The van der Waals surface area contributed by atoms with Gasteiger partial charge in [0.15, 0.2) is 12.3 Å². The van der Waals surface area contributed by atoms with Crippen LogP contribution in [-0.4, -0.2) is 33.8 Å². The standard InChI is InChI=1S/C18H16BrN5O3/c1-10-4-2-3-5-13(10)21-15(25)9-27-14-7-6-11(19)8-12(14)16-17(18(20)26)23-24-22-16/h2-8H,9H2,1H3,(H2,20,26)(H,21,25)(H,22,23,24). The zero-order valence-corrected chi connectivity index (χ0v) is 15.9. The number of aromatic nitrogens is 3. The Kier molecular flexibility index (Phi) is 5.51. The number of hydrogen-bond acceptors (Lipinski definition) is 5. The zero-order valence-electron chi connectivity index (χ0n) is 14.3. The summed E-state index contributed by atoms with van der Waals surface area (Å²) in [5, 5.41) is 12.9. The number of H-pyrrole nitrogens is 1. The number of amides is 2. The lowest BCUT2D eigenvalue weighted by molar-refractivity contribution is -0.118. The molecule has 3 aromatic rings. The van der Waals surface area contributed by atoms with Gasteiger partial charge in [-0.05, 0) is 36.8 Å². The lowest BCUT2D eigenvalue weighted by Gasteiger charge is -2.12. The van der Waals surface area contributed by atoms with E-state index in [1.807, 2.05) is 31.2 Å². The second kappa shape index (κ2) is 8.00. The highest BCUT2D eigenvalue weighted by atomic mass is 79.9. The van der Waals surface area contributed by atoms with Gasteiger partial charge in [0, 0.05) is 15.7 Å². The summed E-state index contributed by atoms with van der Waals surface area (Å²) in [5.41, 5.74) is 7.71. The minimum absolute atomic E-state index is 0.0117. The fourth-order valence-corrected chi connectivity index (χ4v) is 2.81. The minimum atomic E-state index is -0.720. The Morgan fingerprint density at radius 2 is 2.00 bits per heavy atom. The molecule has 0 spiro atoms. The molecule has 0 radical (unpaired) electrons. The second-order valence-corrected chi connectivity index (χ2v) is 6.59. The van der Waals surface area contributed by atoms with Crippen LogP contribution in [0.15, 0.2) is 46.9 Å². The number of rotatable bonds is 6. The number of hydrogen-bond donors (Lipinski definition) is 3. The summed E-state index contributed by atoms with van der Waals surface area (Å²) in [4.78, 5) is 23.8. The fraction of sp³-hybridized carbons (Fsp3) is 0.111. The second-order valence-electron chi connectivity index (χ2n) is 5.68. The first-order valence-corrected chi connectivity index (χ1v) is 8.74. The van der Waals surface area contributed by atoms with Crippen molar-refractivity contribution >= 4 is 33.4 Å². The summed E-state index contributed by atoms with van der Waals surface area (Å²) in [6.07, 6.45) is 0. The van der Waals surface area contributed by atoms with Crippen LogP contribution in [0.5, 0.6) is 5.75 Å². The van der Waals surface area contributed by atoms with Crippen LogP contribution < -0.4 is 15.8 Å². The SMILES string of the molecule is Cc1ccccc1NC(=O)COc1ccc(Br)cc1-c1n[nH]nc1C(N)=O. The lowest BCUT2D eigenvalue weighted by Crippen LogP contribution is -2.21. The van der Waals surface area contributed by atoms with Crippen molar-refractivity contribution < 1.29 is 14.3 Å². The van der Waals surface area contributed by atoms with Gasteiger partial charge >= 0.3 is 0 Å². The zero-order chi connectivity index (χ0) is 19.4. The number of para-hydroxylation sites is 1. The van der Waals surface area contributed by atoms with Crippen molar-refractivity contribution in [2.24, 2.45) is 5.73 Å². The largest absolute Gasteiger partial charge is 0.483 e. The van der Waals surface area contributed by atoms with Crippen LogP contribution in [0, 0.1) is 6.92 Å². The number of carbonyl (C=O) groups excluding carboxylic acids is 2. The number of nitrogens with zero attached hydrogens (tertiary/aromatic N) is 2. The molecule has 0 unspecified atom stereocenters. The summed E-state index contributed by atoms with van der Waals surface area (Å²) in [5.74, 6) is -0.662. The van der Waals surface area contributed by atoms with Gasteiger partial charge in [-0.15, -0.1) is 0 Å². The van der Waals surface area contributed by atoms with Crippen LogP contribution in [0.1, 0.15) is 16.1 Å². The third kappa shape index (κ3) is 4.32. The first-order chi connectivity index (χ1) is 13.0. The van der Waals surface area contributed by atoms with Gasteiger partial charge in [-0.25, -0.2) is 0 Å². The highest BCUT2D eigenvalue weighted by Crippen LogP contribution is 2.33. The highest BCUT2D eigenvalue weighted by Gasteiger charge is 2.19. The van der Waals surface area contributed by atoms with Crippen LogP contribution in [0.2, 0.25) is 0 Å². The number of anilines is 1. The molecule has 2 amide bonds. The minimum Gasteiger partial charge on any atom is -0.483 e. The molecule has 3 rings (SSSR count). The normalized spacial score (nSPS) is 10.4. The smallest absolute Gasteiger partial charge is 0.271 e. The van der Waals surface area contributed by atoms with Gasteiger partial charge in [-0.1, -0.05) is 34.1 Å². The van der Waals surface area contributed by atoms with E-state index < -0.39 is 5.91 Å². The number of halogens is 1. The van der Waals surface area contributed by atoms with E-state index in [0.29, 0.717) is 11.3 Å². The van der Waals surface area contributed by atoms with E-state index in [0.717, 1.165) is 15.7 Å². The van der Waals surface area contributed by atoms with Crippen molar-refractivity contribution in [1.29, 1.82) is 0 Å². The summed E-state index contributed by atoms with van der Waals surface area (Å²) in [7, 11) is 0. The van der Waals surface area contributed by atoms with Crippen LogP contribution in [0.25, 0.3) is 11.3 Å². The highest BCUT2D eigenvalue weighted by molar-refractivity contribution is 9.10. The Morgan fingerprint density at radius 3 is 2.74 bits per heavy atom. The number of ether oxygens (including phenoxy) is 1. The molecule has 0 aliphatic heterocycles. The molecule has 4 N–H and O–H groups in total. The van der Waals surface area contributed by atoms with E-state index >= 15 is 0 Å². The molecule has 0 aliphatic rings. The molecule has 9 heteroatoms. The van der Waals surface area contributed by atoms with Crippen LogP contribution in [-0.2, 0) is 4.79 Å². The Morgan fingerprint density at radius 1 is 1.22 bits per heavy atom.